The number of benzene rings is 2. The molecule has 1 heterocycles. The Balaban J connectivity index is 1.51. The molecule has 0 bridgehead atoms. The van der Waals surface area contributed by atoms with Crippen LogP contribution in [0.3, 0.4) is 0 Å². The van der Waals surface area contributed by atoms with Gasteiger partial charge in [0.25, 0.3) is 0 Å². The average Bonchev–Trinajstić information content (AvgIpc) is 3.47. The Morgan fingerprint density at radius 2 is 1.83 bits per heavy atom. The van der Waals surface area contributed by atoms with Gasteiger partial charge < -0.3 is 20.1 Å². The monoisotopic (exact) mass is 394 g/mol. The molecule has 1 aliphatic carbocycles. The van der Waals surface area contributed by atoms with Crippen LogP contribution in [0.15, 0.2) is 48.5 Å². The van der Waals surface area contributed by atoms with Crippen LogP contribution in [-0.2, 0) is 11.2 Å². The zero-order valence-corrected chi connectivity index (χ0v) is 17.2. The van der Waals surface area contributed by atoms with E-state index in [1.54, 1.807) is 14.2 Å². The molecule has 2 aliphatic rings. The molecule has 5 heteroatoms. The summed E-state index contributed by atoms with van der Waals surface area (Å²) in [6, 6.07) is 16.1. The summed E-state index contributed by atoms with van der Waals surface area (Å²) in [5.74, 6) is 1.77. The summed E-state index contributed by atoms with van der Waals surface area (Å²) in [5, 5.41) is 6.76. The lowest BCUT2D eigenvalue weighted by atomic mass is 9.91. The molecule has 1 spiro atoms. The smallest absolute Gasteiger partial charge is 0.224 e. The summed E-state index contributed by atoms with van der Waals surface area (Å²) in [6.45, 7) is 2.05. The lowest BCUT2D eigenvalue weighted by molar-refractivity contribution is -0.124. The highest BCUT2D eigenvalue weighted by Gasteiger charge is 2.57. The molecule has 1 aliphatic heterocycles. The predicted octanol–water partition coefficient (Wildman–Crippen LogP) is 3.49. The minimum Gasteiger partial charge on any atom is -0.493 e. The summed E-state index contributed by atoms with van der Waals surface area (Å²) in [4.78, 5) is 13.1. The van der Waals surface area contributed by atoms with Crippen LogP contribution in [0.5, 0.6) is 11.5 Å². The van der Waals surface area contributed by atoms with Gasteiger partial charge >= 0.3 is 0 Å². The van der Waals surface area contributed by atoms with Gasteiger partial charge in [-0.15, -0.1) is 0 Å². The molecule has 0 radical (unpaired) electrons. The van der Waals surface area contributed by atoms with Crippen LogP contribution in [-0.4, -0.2) is 33.2 Å². The Hall–Kier alpha value is -2.53. The van der Waals surface area contributed by atoms with E-state index in [2.05, 4.69) is 22.8 Å². The fourth-order valence-electron chi connectivity index (χ4n) is 4.65. The van der Waals surface area contributed by atoms with E-state index in [0.717, 1.165) is 43.5 Å². The highest BCUT2D eigenvalue weighted by atomic mass is 16.5. The van der Waals surface area contributed by atoms with Crippen molar-refractivity contribution in [3.8, 4) is 11.5 Å². The van der Waals surface area contributed by atoms with Crippen molar-refractivity contribution in [1.29, 1.82) is 0 Å². The molecule has 1 amide bonds. The van der Waals surface area contributed by atoms with E-state index in [-0.39, 0.29) is 23.3 Å². The maximum atomic E-state index is 13.1. The molecule has 2 unspecified atom stereocenters. The van der Waals surface area contributed by atoms with Gasteiger partial charge in [-0.05, 0) is 67.4 Å². The average molecular weight is 395 g/mol. The van der Waals surface area contributed by atoms with Crippen molar-refractivity contribution in [2.75, 3.05) is 27.3 Å². The van der Waals surface area contributed by atoms with Crippen LogP contribution in [0, 0.1) is 11.3 Å². The molecule has 2 fully saturated rings. The minimum absolute atomic E-state index is 0.0684. The molecule has 2 aromatic rings. The third-order valence-electron chi connectivity index (χ3n) is 6.51. The van der Waals surface area contributed by atoms with Crippen LogP contribution < -0.4 is 20.1 Å². The second kappa shape index (κ2) is 8.46. The van der Waals surface area contributed by atoms with Gasteiger partial charge in [0.1, 0.15) is 0 Å². The SMILES string of the molecule is COc1ccc(CC(NC(=O)C2CC23CCNCC3)c2ccccc2)cc1OC. The molecule has 4 rings (SSSR count). The molecule has 154 valence electrons. The van der Waals surface area contributed by atoms with Gasteiger partial charge in [0.15, 0.2) is 11.5 Å². The van der Waals surface area contributed by atoms with Gasteiger partial charge in [0.2, 0.25) is 5.91 Å². The van der Waals surface area contributed by atoms with E-state index < -0.39 is 0 Å². The first kappa shape index (κ1) is 19.8. The van der Waals surface area contributed by atoms with Gasteiger partial charge in [-0.25, -0.2) is 0 Å². The molecule has 0 aromatic heterocycles. The normalized spacial score (nSPS) is 20.7. The van der Waals surface area contributed by atoms with Crippen LogP contribution in [0.25, 0.3) is 0 Å². The maximum Gasteiger partial charge on any atom is 0.224 e. The highest BCUT2D eigenvalue weighted by Crippen LogP contribution is 2.58. The molecule has 2 N–H and O–H groups in total. The molecule has 2 aromatic carbocycles. The van der Waals surface area contributed by atoms with Crippen molar-refractivity contribution in [2.45, 2.75) is 31.7 Å². The Morgan fingerprint density at radius 3 is 2.52 bits per heavy atom. The van der Waals surface area contributed by atoms with E-state index in [1.807, 2.05) is 36.4 Å². The van der Waals surface area contributed by atoms with Gasteiger partial charge in [-0.1, -0.05) is 36.4 Å². The fraction of sp³-hybridized carbons (Fsp3) is 0.458. The molecule has 29 heavy (non-hydrogen) atoms. The number of hydrogen-bond acceptors (Lipinski definition) is 4. The quantitative estimate of drug-likeness (QED) is 0.755. The number of ether oxygens (including phenoxy) is 2. The first-order chi connectivity index (χ1) is 14.1. The Labute approximate surface area is 172 Å². The first-order valence-corrected chi connectivity index (χ1v) is 10.4. The van der Waals surface area contributed by atoms with Crippen molar-refractivity contribution < 1.29 is 14.3 Å². The predicted molar refractivity (Wildman–Crippen MR) is 113 cm³/mol. The second-order valence-corrected chi connectivity index (χ2v) is 8.23. The lowest BCUT2D eigenvalue weighted by Gasteiger charge is -2.25. The van der Waals surface area contributed by atoms with Crippen LogP contribution in [0.2, 0.25) is 0 Å². The van der Waals surface area contributed by atoms with E-state index in [1.165, 1.54) is 0 Å². The molecule has 1 saturated heterocycles. The number of amides is 1. The number of rotatable bonds is 7. The summed E-state index contributed by atoms with van der Waals surface area (Å²) < 4.78 is 10.8. The van der Waals surface area contributed by atoms with E-state index in [9.17, 15) is 4.79 Å². The zero-order chi connectivity index (χ0) is 20.3. The standard InChI is InChI=1S/C24H30N2O3/c1-28-21-9-8-17(15-22(21)29-2)14-20(18-6-4-3-5-7-18)26-23(27)19-16-24(19)10-12-25-13-11-24/h3-9,15,19-20,25H,10-14,16H2,1-2H3,(H,26,27). The van der Waals surface area contributed by atoms with Gasteiger partial charge in [-0.2, -0.15) is 0 Å². The third-order valence-corrected chi connectivity index (χ3v) is 6.51. The number of nitrogens with one attached hydrogen (secondary N) is 2. The van der Waals surface area contributed by atoms with Crippen molar-refractivity contribution in [1.82, 2.24) is 10.6 Å². The van der Waals surface area contributed by atoms with Crippen LogP contribution in [0.4, 0.5) is 0 Å². The van der Waals surface area contributed by atoms with Crippen LogP contribution >= 0.6 is 0 Å². The van der Waals surface area contributed by atoms with Gasteiger partial charge in [0, 0.05) is 5.92 Å². The number of carbonyl (C=O) groups excluding carboxylic acids is 1. The van der Waals surface area contributed by atoms with E-state index in [4.69, 9.17) is 9.47 Å². The van der Waals surface area contributed by atoms with Crippen molar-refractivity contribution in [2.24, 2.45) is 11.3 Å². The molecular formula is C24H30N2O3. The number of hydrogen-bond donors (Lipinski definition) is 2. The number of carbonyl (C=O) groups is 1. The zero-order valence-electron chi connectivity index (χ0n) is 17.2. The Morgan fingerprint density at radius 1 is 1.10 bits per heavy atom. The number of piperidine rings is 1. The minimum atomic E-state index is -0.0684. The summed E-state index contributed by atoms with van der Waals surface area (Å²) in [7, 11) is 3.28. The van der Waals surface area contributed by atoms with Crippen molar-refractivity contribution in [3.05, 3.63) is 59.7 Å². The third kappa shape index (κ3) is 4.25. The largest absolute Gasteiger partial charge is 0.493 e. The van der Waals surface area contributed by atoms with Gasteiger partial charge in [-0.3, -0.25) is 4.79 Å². The first-order valence-electron chi connectivity index (χ1n) is 10.4. The van der Waals surface area contributed by atoms with Crippen molar-refractivity contribution >= 4 is 5.91 Å². The van der Waals surface area contributed by atoms with E-state index in [0.29, 0.717) is 17.9 Å². The van der Waals surface area contributed by atoms with Gasteiger partial charge in [0.05, 0.1) is 20.3 Å². The summed E-state index contributed by atoms with van der Waals surface area (Å²) in [6.07, 6.45) is 3.95. The Kier molecular flexibility index (Phi) is 5.76. The topological polar surface area (TPSA) is 59.6 Å². The Bertz CT molecular complexity index is 846. The molecule has 5 nitrogen and oxygen atoms in total. The maximum absolute atomic E-state index is 13.1. The van der Waals surface area contributed by atoms with Crippen molar-refractivity contribution in [3.63, 3.8) is 0 Å². The highest BCUT2D eigenvalue weighted by molar-refractivity contribution is 5.83. The molecule has 1 saturated carbocycles. The lowest BCUT2D eigenvalue weighted by Crippen LogP contribution is -2.35. The second-order valence-electron chi connectivity index (χ2n) is 8.23. The molecule has 2 atom stereocenters. The number of methoxy groups -OCH3 is 2. The van der Waals surface area contributed by atoms with E-state index >= 15 is 0 Å². The van der Waals surface area contributed by atoms with Crippen LogP contribution in [0.1, 0.15) is 36.4 Å². The fourth-order valence-corrected chi connectivity index (χ4v) is 4.65. The summed E-state index contributed by atoms with van der Waals surface area (Å²) >= 11 is 0. The summed E-state index contributed by atoms with van der Waals surface area (Å²) in [5.41, 5.74) is 2.46. The molecular weight excluding hydrogens is 364 g/mol.